The Labute approximate surface area is 90.6 Å². The van der Waals surface area contributed by atoms with E-state index in [0.717, 1.165) is 17.5 Å². The topological polar surface area (TPSA) is 40.5 Å². The molecule has 1 aliphatic carbocycles. The molecule has 0 saturated carbocycles. The van der Waals surface area contributed by atoms with Crippen LogP contribution in [0.1, 0.15) is 37.8 Å². The highest BCUT2D eigenvalue weighted by atomic mass is 16.3. The van der Waals surface area contributed by atoms with Crippen molar-refractivity contribution in [1.82, 2.24) is 0 Å². The summed E-state index contributed by atoms with van der Waals surface area (Å²) in [6, 6.07) is 7.88. The Kier molecular flexibility index (Phi) is 2.36. The van der Waals surface area contributed by atoms with E-state index < -0.39 is 5.60 Å². The van der Waals surface area contributed by atoms with Gasteiger partial charge >= 0.3 is 0 Å². The summed E-state index contributed by atoms with van der Waals surface area (Å²) in [5, 5.41) is 19.6. The van der Waals surface area contributed by atoms with Gasteiger partial charge in [-0.05, 0) is 29.4 Å². The van der Waals surface area contributed by atoms with Crippen molar-refractivity contribution in [3.63, 3.8) is 0 Å². The molecule has 0 bridgehead atoms. The van der Waals surface area contributed by atoms with E-state index in [1.54, 1.807) is 0 Å². The average Bonchev–Trinajstić information content (AvgIpc) is 2.25. The number of hydrogen-bond acceptors (Lipinski definition) is 2. The van der Waals surface area contributed by atoms with E-state index in [1.165, 1.54) is 0 Å². The van der Waals surface area contributed by atoms with Gasteiger partial charge in [0.1, 0.15) is 5.60 Å². The second-order valence-electron chi connectivity index (χ2n) is 5.12. The molecule has 1 unspecified atom stereocenters. The summed E-state index contributed by atoms with van der Waals surface area (Å²) in [6.45, 7) is 4.17. The Morgan fingerprint density at radius 2 is 1.73 bits per heavy atom. The number of aliphatic hydroxyl groups is 2. The fraction of sp³-hybridized carbons (Fsp3) is 0.538. The summed E-state index contributed by atoms with van der Waals surface area (Å²) in [6.07, 6.45) is 1.54. The van der Waals surface area contributed by atoms with Crippen LogP contribution < -0.4 is 0 Å². The molecule has 0 radical (unpaired) electrons. The van der Waals surface area contributed by atoms with E-state index in [2.05, 4.69) is 19.9 Å². The molecule has 0 amide bonds. The molecule has 0 fully saturated rings. The minimum atomic E-state index is -1.04. The number of benzene rings is 1. The van der Waals surface area contributed by atoms with Gasteiger partial charge in [-0.3, -0.25) is 0 Å². The first-order chi connectivity index (χ1) is 6.99. The maximum Gasteiger partial charge on any atom is 0.113 e. The van der Waals surface area contributed by atoms with Gasteiger partial charge in [0, 0.05) is 0 Å². The van der Waals surface area contributed by atoms with Crippen LogP contribution in [0.5, 0.6) is 0 Å². The van der Waals surface area contributed by atoms with Gasteiger partial charge in [-0.2, -0.15) is 0 Å². The van der Waals surface area contributed by atoms with Gasteiger partial charge in [0.05, 0.1) is 6.61 Å². The van der Waals surface area contributed by atoms with Crippen molar-refractivity contribution in [3.05, 3.63) is 35.4 Å². The maximum absolute atomic E-state index is 10.3. The lowest BCUT2D eigenvalue weighted by molar-refractivity contribution is -0.0397. The van der Waals surface area contributed by atoms with Crippen molar-refractivity contribution in [2.45, 2.75) is 37.7 Å². The van der Waals surface area contributed by atoms with E-state index in [1.807, 2.05) is 18.2 Å². The van der Waals surface area contributed by atoms with Gasteiger partial charge in [-0.1, -0.05) is 38.1 Å². The van der Waals surface area contributed by atoms with Crippen LogP contribution in [0.25, 0.3) is 0 Å². The SMILES string of the molecule is CC1(C)CCC(O)(CO)c2ccccc21. The van der Waals surface area contributed by atoms with E-state index >= 15 is 0 Å². The summed E-state index contributed by atoms with van der Waals surface area (Å²) in [5.41, 5.74) is 1.11. The molecule has 1 aliphatic rings. The molecule has 0 heterocycles. The Morgan fingerprint density at radius 1 is 1.13 bits per heavy atom. The van der Waals surface area contributed by atoms with Crippen molar-refractivity contribution >= 4 is 0 Å². The van der Waals surface area contributed by atoms with Crippen molar-refractivity contribution in [2.75, 3.05) is 6.61 Å². The smallest absolute Gasteiger partial charge is 0.113 e. The molecular formula is C13H18O2. The van der Waals surface area contributed by atoms with E-state index in [9.17, 15) is 10.2 Å². The molecule has 1 aromatic carbocycles. The van der Waals surface area contributed by atoms with Crippen LogP contribution in [0.15, 0.2) is 24.3 Å². The standard InChI is InChI=1S/C13H18O2/c1-12(2)7-8-13(15,9-14)11-6-4-3-5-10(11)12/h3-6,14-15H,7-9H2,1-2H3. The average molecular weight is 206 g/mol. The largest absolute Gasteiger partial charge is 0.393 e. The molecule has 1 atom stereocenters. The Bertz CT molecular complexity index is 371. The molecule has 82 valence electrons. The van der Waals surface area contributed by atoms with Gasteiger partial charge in [0.15, 0.2) is 0 Å². The second kappa shape index (κ2) is 3.32. The van der Waals surface area contributed by atoms with Crippen LogP contribution in [-0.4, -0.2) is 16.8 Å². The zero-order valence-corrected chi connectivity index (χ0v) is 9.33. The monoisotopic (exact) mass is 206 g/mol. The summed E-state index contributed by atoms with van der Waals surface area (Å²) < 4.78 is 0. The predicted molar refractivity (Wildman–Crippen MR) is 59.7 cm³/mol. The fourth-order valence-corrected chi connectivity index (χ4v) is 2.43. The number of rotatable bonds is 1. The summed E-state index contributed by atoms with van der Waals surface area (Å²) in [4.78, 5) is 0. The van der Waals surface area contributed by atoms with Crippen molar-refractivity contribution in [3.8, 4) is 0 Å². The molecule has 0 saturated heterocycles. The van der Waals surface area contributed by atoms with Gasteiger partial charge in [-0.25, -0.2) is 0 Å². The van der Waals surface area contributed by atoms with Crippen LogP contribution in [0.3, 0.4) is 0 Å². The number of aliphatic hydroxyl groups excluding tert-OH is 1. The minimum absolute atomic E-state index is 0.0952. The third-order valence-corrected chi connectivity index (χ3v) is 3.58. The van der Waals surface area contributed by atoms with Crippen LogP contribution in [0.2, 0.25) is 0 Å². The molecule has 15 heavy (non-hydrogen) atoms. The summed E-state index contributed by atoms with van der Waals surface area (Å²) >= 11 is 0. The maximum atomic E-state index is 10.3. The first-order valence-corrected chi connectivity index (χ1v) is 5.43. The predicted octanol–water partition coefficient (Wildman–Crippen LogP) is 1.94. The van der Waals surface area contributed by atoms with E-state index in [4.69, 9.17) is 0 Å². The molecule has 0 aliphatic heterocycles. The number of hydrogen-bond donors (Lipinski definition) is 2. The zero-order chi connectivity index (χ0) is 11.1. The normalized spacial score (nSPS) is 28.5. The Morgan fingerprint density at radius 3 is 2.33 bits per heavy atom. The lowest BCUT2D eigenvalue weighted by Crippen LogP contribution is -2.40. The first kappa shape index (κ1) is 10.7. The third-order valence-electron chi connectivity index (χ3n) is 3.58. The molecule has 0 spiro atoms. The molecule has 2 heteroatoms. The van der Waals surface area contributed by atoms with Crippen LogP contribution >= 0.6 is 0 Å². The van der Waals surface area contributed by atoms with Crippen LogP contribution in [0, 0.1) is 0 Å². The fourth-order valence-electron chi connectivity index (χ4n) is 2.43. The van der Waals surface area contributed by atoms with Crippen molar-refractivity contribution in [2.24, 2.45) is 0 Å². The van der Waals surface area contributed by atoms with Gasteiger partial charge in [0.25, 0.3) is 0 Å². The Balaban J connectivity index is 2.59. The van der Waals surface area contributed by atoms with Crippen molar-refractivity contribution in [1.29, 1.82) is 0 Å². The van der Waals surface area contributed by atoms with Gasteiger partial charge in [-0.15, -0.1) is 0 Å². The molecular weight excluding hydrogens is 188 g/mol. The van der Waals surface area contributed by atoms with E-state index in [-0.39, 0.29) is 12.0 Å². The highest BCUT2D eigenvalue weighted by molar-refractivity contribution is 5.40. The lowest BCUT2D eigenvalue weighted by Gasteiger charge is -2.41. The van der Waals surface area contributed by atoms with E-state index in [0.29, 0.717) is 6.42 Å². The molecule has 2 rings (SSSR count). The van der Waals surface area contributed by atoms with Crippen LogP contribution in [-0.2, 0) is 11.0 Å². The molecule has 2 nitrogen and oxygen atoms in total. The molecule has 0 aromatic heterocycles. The quantitative estimate of drug-likeness (QED) is 0.737. The molecule has 1 aromatic rings. The number of fused-ring (bicyclic) bond motifs is 1. The zero-order valence-electron chi connectivity index (χ0n) is 9.33. The molecule has 2 N–H and O–H groups in total. The van der Waals surface area contributed by atoms with Crippen LogP contribution in [0.4, 0.5) is 0 Å². The summed E-state index contributed by atoms with van der Waals surface area (Å²) in [7, 11) is 0. The third kappa shape index (κ3) is 1.58. The Hall–Kier alpha value is -0.860. The van der Waals surface area contributed by atoms with Gasteiger partial charge in [0.2, 0.25) is 0 Å². The highest BCUT2D eigenvalue weighted by Gasteiger charge is 2.40. The minimum Gasteiger partial charge on any atom is -0.393 e. The lowest BCUT2D eigenvalue weighted by atomic mass is 9.67. The summed E-state index contributed by atoms with van der Waals surface area (Å²) in [5.74, 6) is 0. The highest BCUT2D eigenvalue weighted by Crippen LogP contribution is 2.44. The first-order valence-electron chi connectivity index (χ1n) is 5.43. The van der Waals surface area contributed by atoms with Gasteiger partial charge < -0.3 is 10.2 Å². The second-order valence-corrected chi connectivity index (χ2v) is 5.12. The van der Waals surface area contributed by atoms with Crippen molar-refractivity contribution < 1.29 is 10.2 Å².